The number of hydrogen-bond donors (Lipinski definition) is 1. The molecule has 2 aliphatic heterocycles. The highest BCUT2D eigenvalue weighted by Gasteiger charge is 2.23. The van der Waals surface area contributed by atoms with Crippen molar-refractivity contribution in [3.63, 3.8) is 0 Å². The number of likely N-dealkylation sites (tertiary alicyclic amines) is 2. The van der Waals surface area contributed by atoms with Gasteiger partial charge >= 0.3 is 0 Å². The Morgan fingerprint density at radius 1 is 1.00 bits per heavy atom. The molecule has 24 heavy (non-hydrogen) atoms. The smallest absolute Gasteiger partial charge is 0.193 e. The molecule has 0 aromatic heterocycles. The Balaban J connectivity index is 0.00000288. The first-order valence-corrected chi connectivity index (χ1v) is 9.87. The van der Waals surface area contributed by atoms with Gasteiger partial charge in [-0.2, -0.15) is 0 Å². The second-order valence-corrected chi connectivity index (χ2v) is 7.79. The largest absolute Gasteiger partial charge is 0.356 e. The Labute approximate surface area is 166 Å². The van der Waals surface area contributed by atoms with Crippen molar-refractivity contribution in [1.82, 2.24) is 15.1 Å². The lowest BCUT2D eigenvalue weighted by molar-refractivity contribution is 0.208. The number of hydrogen-bond acceptors (Lipinski definition) is 2. The molecule has 0 aromatic carbocycles. The summed E-state index contributed by atoms with van der Waals surface area (Å²) in [7, 11) is 1.92. The normalized spacial score (nSPS) is 26.1. The fourth-order valence-corrected chi connectivity index (χ4v) is 4.19. The van der Waals surface area contributed by atoms with Gasteiger partial charge in [-0.15, -0.1) is 24.0 Å². The maximum Gasteiger partial charge on any atom is 0.193 e. The van der Waals surface area contributed by atoms with Crippen molar-refractivity contribution < 1.29 is 0 Å². The molecule has 5 heteroatoms. The van der Waals surface area contributed by atoms with Crippen molar-refractivity contribution in [1.29, 1.82) is 0 Å². The molecule has 0 radical (unpaired) electrons. The Hall–Kier alpha value is -0.0400. The summed E-state index contributed by atoms with van der Waals surface area (Å²) in [4.78, 5) is 9.59. The van der Waals surface area contributed by atoms with Gasteiger partial charge in [-0.3, -0.25) is 4.99 Å². The maximum atomic E-state index is 4.50. The second kappa shape index (κ2) is 12.3. The zero-order chi connectivity index (χ0) is 16.5. The first-order valence-electron chi connectivity index (χ1n) is 9.87. The third kappa shape index (κ3) is 7.89. The molecule has 1 N–H and O–H groups in total. The van der Waals surface area contributed by atoms with E-state index in [-0.39, 0.29) is 24.0 Å². The number of aliphatic imine (C=N–C) groups is 1. The highest BCUT2D eigenvalue weighted by molar-refractivity contribution is 14.0. The molecule has 2 atom stereocenters. The van der Waals surface area contributed by atoms with Gasteiger partial charge in [0.1, 0.15) is 0 Å². The Kier molecular flexibility index (Phi) is 11.3. The van der Waals surface area contributed by atoms with Crippen LogP contribution in [-0.2, 0) is 0 Å². The van der Waals surface area contributed by atoms with Gasteiger partial charge in [-0.25, -0.2) is 0 Å². The molecule has 0 saturated carbocycles. The van der Waals surface area contributed by atoms with Crippen LogP contribution in [0, 0.1) is 11.8 Å². The van der Waals surface area contributed by atoms with Crippen LogP contribution < -0.4 is 5.32 Å². The SMILES string of the molecule is CN=C(NCCCCCN1CCCCC1)N1CC(C)CC(C)C1.I. The molecule has 0 amide bonds. The molecule has 0 spiro atoms. The molecule has 0 aliphatic carbocycles. The van der Waals surface area contributed by atoms with E-state index in [2.05, 4.69) is 34.0 Å². The van der Waals surface area contributed by atoms with Gasteiger partial charge in [-0.1, -0.05) is 26.7 Å². The van der Waals surface area contributed by atoms with Gasteiger partial charge in [0.2, 0.25) is 0 Å². The summed E-state index contributed by atoms with van der Waals surface area (Å²) in [5, 5.41) is 3.58. The van der Waals surface area contributed by atoms with Crippen LogP contribution in [0.3, 0.4) is 0 Å². The molecule has 0 aromatic rings. The van der Waals surface area contributed by atoms with E-state index in [9.17, 15) is 0 Å². The van der Waals surface area contributed by atoms with E-state index in [1.807, 2.05) is 7.05 Å². The van der Waals surface area contributed by atoms with Crippen LogP contribution in [0.5, 0.6) is 0 Å². The summed E-state index contributed by atoms with van der Waals surface area (Å²) in [6, 6.07) is 0. The first-order chi connectivity index (χ1) is 11.2. The monoisotopic (exact) mass is 450 g/mol. The Bertz CT molecular complexity index is 345. The third-order valence-corrected chi connectivity index (χ3v) is 5.26. The Morgan fingerprint density at radius 3 is 2.29 bits per heavy atom. The standard InChI is InChI=1S/C19H38N4.HI/c1-17-14-18(2)16-23(15-17)19(20-3)21-10-6-4-7-11-22-12-8-5-9-13-22;/h17-18H,4-16H2,1-3H3,(H,20,21);1H. The molecular formula is C19H39IN4. The van der Waals surface area contributed by atoms with Crippen LogP contribution in [0.4, 0.5) is 0 Å². The van der Waals surface area contributed by atoms with Gasteiger partial charge < -0.3 is 15.1 Å². The summed E-state index contributed by atoms with van der Waals surface area (Å²) in [6.45, 7) is 12.0. The average molecular weight is 450 g/mol. The third-order valence-electron chi connectivity index (χ3n) is 5.26. The number of piperidine rings is 2. The highest BCUT2D eigenvalue weighted by Crippen LogP contribution is 2.20. The van der Waals surface area contributed by atoms with Crippen LogP contribution >= 0.6 is 24.0 Å². The summed E-state index contributed by atoms with van der Waals surface area (Å²) in [5.41, 5.74) is 0. The number of guanidine groups is 1. The quantitative estimate of drug-likeness (QED) is 0.289. The predicted octanol–water partition coefficient (Wildman–Crippen LogP) is 3.81. The topological polar surface area (TPSA) is 30.9 Å². The second-order valence-electron chi connectivity index (χ2n) is 7.79. The molecular weight excluding hydrogens is 411 g/mol. The first kappa shape index (κ1) is 22.0. The van der Waals surface area contributed by atoms with E-state index >= 15 is 0 Å². The minimum Gasteiger partial charge on any atom is -0.356 e. The van der Waals surface area contributed by atoms with Gasteiger partial charge in [0.25, 0.3) is 0 Å². The molecule has 2 aliphatic rings. The van der Waals surface area contributed by atoms with Crippen molar-refractivity contribution in [2.45, 2.75) is 58.8 Å². The summed E-state index contributed by atoms with van der Waals surface area (Å²) >= 11 is 0. The zero-order valence-corrected chi connectivity index (χ0v) is 18.4. The molecule has 2 unspecified atom stereocenters. The number of rotatable bonds is 6. The van der Waals surface area contributed by atoms with E-state index < -0.39 is 0 Å². The van der Waals surface area contributed by atoms with Crippen molar-refractivity contribution in [2.75, 3.05) is 46.3 Å². The van der Waals surface area contributed by atoms with E-state index in [1.165, 1.54) is 64.6 Å². The number of nitrogens with one attached hydrogen (secondary N) is 1. The van der Waals surface area contributed by atoms with E-state index in [1.54, 1.807) is 0 Å². The maximum absolute atomic E-state index is 4.50. The van der Waals surface area contributed by atoms with Gasteiger partial charge in [0, 0.05) is 26.7 Å². The predicted molar refractivity (Wildman–Crippen MR) is 115 cm³/mol. The number of halogens is 1. The zero-order valence-electron chi connectivity index (χ0n) is 16.1. The van der Waals surface area contributed by atoms with Crippen molar-refractivity contribution >= 4 is 29.9 Å². The molecule has 2 heterocycles. The molecule has 142 valence electrons. The fourth-order valence-electron chi connectivity index (χ4n) is 4.19. The molecule has 2 fully saturated rings. The molecule has 2 rings (SSSR count). The van der Waals surface area contributed by atoms with Crippen LogP contribution in [0.15, 0.2) is 4.99 Å². The van der Waals surface area contributed by atoms with E-state index in [4.69, 9.17) is 0 Å². The lowest BCUT2D eigenvalue weighted by atomic mass is 9.92. The molecule has 4 nitrogen and oxygen atoms in total. The van der Waals surface area contributed by atoms with Crippen molar-refractivity contribution in [3.05, 3.63) is 0 Å². The van der Waals surface area contributed by atoms with Crippen LogP contribution in [-0.4, -0.2) is 62.1 Å². The van der Waals surface area contributed by atoms with Crippen LogP contribution in [0.25, 0.3) is 0 Å². The van der Waals surface area contributed by atoms with Crippen LogP contribution in [0.2, 0.25) is 0 Å². The lowest BCUT2D eigenvalue weighted by Gasteiger charge is -2.37. The number of nitrogens with zero attached hydrogens (tertiary/aromatic N) is 3. The summed E-state index contributed by atoms with van der Waals surface area (Å²) < 4.78 is 0. The van der Waals surface area contributed by atoms with E-state index in [0.717, 1.165) is 37.4 Å². The van der Waals surface area contributed by atoms with E-state index in [0.29, 0.717) is 0 Å². The summed E-state index contributed by atoms with van der Waals surface area (Å²) in [5.74, 6) is 2.67. The van der Waals surface area contributed by atoms with Gasteiger partial charge in [0.05, 0.1) is 0 Å². The van der Waals surface area contributed by atoms with Crippen LogP contribution in [0.1, 0.15) is 58.8 Å². The minimum absolute atomic E-state index is 0. The molecule has 0 bridgehead atoms. The fraction of sp³-hybridized carbons (Fsp3) is 0.947. The minimum atomic E-state index is 0. The average Bonchev–Trinajstić information content (AvgIpc) is 2.54. The van der Waals surface area contributed by atoms with Gasteiger partial charge in [-0.05, 0) is 63.6 Å². The van der Waals surface area contributed by atoms with Crippen molar-refractivity contribution in [3.8, 4) is 0 Å². The van der Waals surface area contributed by atoms with Gasteiger partial charge in [0.15, 0.2) is 5.96 Å². The summed E-state index contributed by atoms with van der Waals surface area (Å²) in [6.07, 6.45) is 9.53. The Morgan fingerprint density at radius 2 is 1.67 bits per heavy atom. The van der Waals surface area contributed by atoms with Crippen molar-refractivity contribution in [2.24, 2.45) is 16.8 Å². The molecule has 2 saturated heterocycles. The lowest BCUT2D eigenvalue weighted by Crippen LogP contribution is -2.48. The highest BCUT2D eigenvalue weighted by atomic mass is 127. The number of unbranched alkanes of at least 4 members (excludes halogenated alkanes) is 2.